The van der Waals surface area contributed by atoms with Crippen LogP contribution in [0.2, 0.25) is 0 Å². The van der Waals surface area contributed by atoms with Crippen molar-refractivity contribution in [1.82, 2.24) is 9.62 Å². The van der Waals surface area contributed by atoms with Crippen molar-refractivity contribution in [3.63, 3.8) is 0 Å². The van der Waals surface area contributed by atoms with E-state index in [0.717, 1.165) is 13.0 Å². The molecule has 0 atom stereocenters. The van der Waals surface area contributed by atoms with Gasteiger partial charge in [-0.15, -0.1) is 0 Å². The highest BCUT2D eigenvalue weighted by atomic mass is 32.2. The van der Waals surface area contributed by atoms with Gasteiger partial charge in [0.05, 0.1) is 0 Å². The Hall–Kier alpha value is 0.0600. The lowest BCUT2D eigenvalue weighted by molar-refractivity contribution is -0.0361. The minimum absolute atomic E-state index is 0.0156. The molecule has 0 aromatic rings. The van der Waals surface area contributed by atoms with Crippen molar-refractivity contribution in [3.05, 3.63) is 0 Å². The van der Waals surface area contributed by atoms with Crippen LogP contribution in [0, 0.1) is 0 Å². The van der Waals surface area contributed by atoms with Crippen LogP contribution in [0.15, 0.2) is 0 Å². The second kappa shape index (κ2) is 4.34. The zero-order chi connectivity index (χ0) is 9.03. The Morgan fingerprint density at radius 1 is 1.17 bits per heavy atom. The fraction of sp³-hybridized carbons (Fsp3) is 1.00. The number of alkyl halides is 3. The monoisotopic (exact) mass is 200 g/mol. The topological polar surface area (TPSA) is 15.3 Å². The van der Waals surface area contributed by atoms with Crippen LogP contribution in [-0.4, -0.2) is 36.0 Å². The van der Waals surface area contributed by atoms with Gasteiger partial charge in [0.1, 0.15) is 0 Å². The van der Waals surface area contributed by atoms with E-state index in [4.69, 9.17) is 0 Å². The van der Waals surface area contributed by atoms with Crippen molar-refractivity contribution >= 4 is 11.9 Å². The smallest absolute Gasteiger partial charge is 0.315 e. The number of nitrogens with one attached hydrogen (secondary N) is 1. The normalized spacial score (nSPS) is 22.2. The highest BCUT2D eigenvalue weighted by Gasteiger charge is 2.32. The van der Waals surface area contributed by atoms with Crippen LogP contribution in [0.3, 0.4) is 0 Å². The quantitative estimate of drug-likeness (QED) is 0.645. The molecule has 1 heterocycles. The first-order valence-corrected chi connectivity index (χ1v) is 4.57. The number of rotatable bonds is 1. The van der Waals surface area contributed by atoms with Gasteiger partial charge in [-0.2, -0.15) is 13.2 Å². The largest absolute Gasteiger partial charge is 0.456 e. The van der Waals surface area contributed by atoms with Crippen LogP contribution in [-0.2, 0) is 0 Å². The molecular weight excluding hydrogens is 189 g/mol. The molecule has 1 N–H and O–H groups in total. The SMILES string of the molecule is FC(F)(F)SN1CCCNCC1. The highest BCUT2D eigenvalue weighted by molar-refractivity contribution is 7.97. The third-order valence-corrected chi connectivity index (χ3v) is 2.36. The van der Waals surface area contributed by atoms with Crippen molar-refractivity contribution in [1.29, 1.82) is 0 Å². The average molecular weight is 200 g/mol. The van der Waals surface area contributed by atoms with Crippen molar-refractivity contribution in [2.75, 3.05) is 26.2 Å². The summed E-state index contributed by atoms with van der Waals surface area (Å²) in [5.41, 5.74) is -4.13. The van der Waals surface area contributed by atoms with E-state index in [1.807, 2.05) is 0 Å². The number of hydrogen-bond donors (Lipinski definition) is 1. The van der Waals surface area contributed by atoms with Gasteiger partial charge in [-0.25, -0.2) is 4.31 Å². The summed E-state index contributed by atoms with van der Waals surface area (Å²) in [5.74, 6) is 0. The molecule has 6 heteroatoms. The predicted octanol–water partition coefficient (Wildman–Crippen LogP) is 1.45. The molecule has 72 valence electrons. The first-order valence-electron chi connectivity index (χ1n) is 3.79. The third-order valence-electron chi connectivity index (χ3n) is 1.53. The third kappa shape index (κ3) is 4.18. The molecule has 0 amide bonds. The van der Waals surface area contributed by atoms with Gasteiger partial charge in [0.25, 0.3) is 0 Å². The van der Waals surface area contributed by atoms with Crippen molar-refractivity contribution in [3.8, 4) is 0 Å². The van der Waals surface area contributed by atoms with Gasteiger partial charge in [-0.1, -0.05) is 0 Å². The molecule has 1 saturated heterocycles. The van der Waals surface area contributed by atoms with Crippen molar-refractivity contribution < 1.29 is 13.2 Å². The first kappa shape index (κ1) is 10.1. The van der Waals surface area contributed by atoms with E-state index in [1.165, 1.54) is 4.31 Å². The number of nitrogens with zero attached hydrogens (tertiary/aromatic N) is 1. The van der Waals surface area contributed by atoms with Gasteiger partial charge < -0.3 is 5.32 Å². The fourth-order valence-electron chi connectivity index (χ4n) is 1.06. The molecule has 0 saturated carbocycles. The summed E-state index contributed by atoms with van der Waals surface area (Å²) in [5, 5.41) is 3.04. The molecule has 12 heavy (non-hydrogen) atoms. The Balaban J connectivity index is 2.30. The Morgan fingerprint density at radius 3 is 2.58 bits per heavy atom. The zero-order valence-electron chi connectivity index (χ0n) is 6.52. The Morgan fingerprint density at radius 2 is 1.92 bits per heavy atom. The van der Waals surface area contributed by atoms with Gasteiger partial charge >= 0.3 is 5.51 Å². The van der Waals surface area contributed by atoms with Crippen LogP contribution >= 0.6 is 11.9 Å². The molecule has 0 aromatic carbocycles. The minimum Gasteiger partial charge on any atom is -0.315 e. The minimum atomic E-state index is -4.13. The lowest BCUT2D eigenvalue weighted by atomic mass is 10.4. The zero-order valence-corrected chi connectivity index (χ0v) is 7.34. The second-order valence-electron chi connectivity index (χ2n) is 2.57. The van der Waals surface area contributed by atoms with Gasteiger partial charge in [-0.05, 0) is 13.0 Å². The molecule has 0 spiro atoms. The van der Waals surface area contributed by atoms with Gasteiger partial charge in [0, 0.05) is 31.6 Å². The first-order chi connectivity index (χ1) is 5.58. The van der Waals surface area contributed by atoms with Crippen LogP contribution in [0.1, 0.15) is 6.42 Å². The molecule has 1 aliphatic heterocycles. The second-order valence-corrected chi connectivity index (χ2v) is 3.73. The molecule has 0 aliphatic carbocycles. The standard InChI is InChI=1S/C6H11F3N2S/c7-6(8,9)12-11-4-1-2-10-3-5-11/h10H,1-5H2. The summed E-state index contributed by atoms with van der Waals surface area (Å²) >= 11 is -0.0156. The summed E-state index contributed by atoms with van der Waals surface area (Å²) < 4.78 is 37.0. The summed E-state index contributed by atoms with van der Waals surface area (Å²) in [6.45, 7) is 2.43. The van der Waals surface area contributed by atoms with Crippen LogP contribution in [0.25, 0.3) is 0 Å². The number of hydrogen-bond acceptors (Lipinski definition) is 3. The Bertz CT molecular complexity index is 131. The van der Waals surface area contributed by atoms with E-state index in [9.17, 15) is 13.2 Å². The van der Waals surface area contributed by atoms with E-state index >= 15 is 0 Å². The summed E-state index contributed by atoms with van der Waals surface area (Å²) in [7, 11) is 0. The summed E-state index contributed by atoms with van der Waals surface area (Å²) in [4.78, 5) is 0. The fourth-order valence-corrected chi connectivity index (χ4v) is 1.75. The van der Waals surface area contributed by atoms with Crippen LogP contribution < -0.4 is 5.32 Å². The summed E-state index contributed by atoms with van der Waals surface area (Å²) in [6, 6.07) is 0. The van der Waals surface area contributed by atoms with Crippen LogP contribution in [0.4, 0.5) is 13.2 Å². The molecular formula is C6H11F3N2S. The van der Waals surface area contributed by atoms with Crippen molar-refractivity contribution in [2.24, 2.45) is 0 Å². The molecule has 2 nitrogen and oxygen atoms in total. The molecule has 1 aliphatic rings. The maximum Gasteiger partial charge on any atom is 0.456 e. The lowest BCUT2D eigenvalue weighted by Crippen LogP contribution is -2.25. The van der Waals surface area contributed by atoms with Gasteiger partial charge in [0.15, 0.2) is 0 Å². The molecule has 0 aromatic heterocycles. The molecule has 1 fully saturated rings. The molecule has 0 radical (unpaired) electrons. The lowest BCUT2D eigenvalue weighted by Gasteiger charge is -2.18. The van der Waals surface area contributed by atoms with E-state index in [0.29, 0.717) is 19.6 Å². The van der Waals surface area contributed by atoms with E-state index in [-0.39, 0.29) is 11.9 Å². The highest BCUT2D eigenvalue weighted by Crippen LogP contribution is 2.33. The van der Waals surface area contributed by atoms with E-state index in [1.54, 1.807) is 0 Å². The van der Waals surface area contributed by atoms with Crippen LogP contribution in [0.5, 0.6) is 0 Å². The Labute approximate surface area is 73.6 Å². The van der Waals surface area contributed by atoms with Gasteiger partial charge in [0.2, 0.25) is 0 Å². The number of halogens is 3. The van der Waals surface area contributed by atoms with Crippen molar-refractivity contribution in [2.45, 2.75) is 11.9 Å². The molecule has 0 bridgehead atoms. The van der Waals surface area contributed by atoms with E-state index in [2.05, 4.69) is 5.32 Å². The summed E-state index contributed by atoms with van der Waals surface area (Å²) in [6.07, 6.45) is 0.781. The predicted molar refractivity (Wildman–Crippen MR) is 42.7 cm³/mol. The molecule has 1 rings (SSSR count). The maximum atomic E-state index is 11.9. The van der Waals surface area contributed by atoms with Gasteiger partial charge in [-0.3, -0.25) is 0 Å². The average Bonchev–Trinajstić information content (AvgIpc) is 2.12. The van der Waals surface area contributed by atoms with E-state index < -0.39 is 5.51 Å². The maximum absolute atomic E-state index is 11.9. The Kier molecular flexibility index (Phi) is 3.67. The molecule has 0 unspecified atom stereocenters.